The molecule has 2 rings (SSSR count). The van der Waals surface area contributed by atoms with Gasteiger partial charge in [-0.05, 0) is 39.4 Å². The quantitative estimate of drug-likeness (QED) is 0.863. The topological polar surface area (TPSA) is 79.2 Å². The normalized spacial score (nSPS) is 31.9. The summed E-state index contributed by atoms with van der Waals surface area (Å²) in [6.07, 6.45) is -11.6. The average molecular weight is 360 g/mol. The van der Waals surface area contributed by atoms with E-state index < -0.39 is 56.0 Å². The van der Waals surface area contributed by atoms with E-state index in [-0.39, 0.29) is 21.8 Å². The van der Waals surface area contributed by atoms with Gasteiger partial charge in [-0.15, -0.1) is 0 Å². The van der Waals surface area contributed by atoms with Gasteiger partial charge < -0.3 is 24.6 Å². The van der Waals surface area contributed by atoms with E-state index in [1.165, 1.54) is 32.9 Å². The van der Waals surface area contributed by atoms with Crippen LogP contribution in [0.4, 0.5) is 4.79 Å². The smallest absolute Gasteiger partial charge is 0.410 e. The van der Waals surface area contributed by atoms with Gasteiger partial charge in [-0.25, -0.2) is 4.79 Å². The summed E-state index contributed by atoms with van der Waals surface area (Å²) in [6, 6.07) is 3.88. The third kappa shape index (κ3) is 4.86. The minimum Gasteiger partial charge on any atom is -0.496 e. The highest BCUT2D eigenvalue weighted by molar-refractivity contribution is 5.68. The maximum atomic E-state index is 12.8. The van der Waals surface area contributed by atoms with Crippen molar-refractivity contribution in [1.29, 1.82) is 0 Å². The summed E-state index contributed by atoms with van der Waals surface area (Å²) >= 11 is 0. The highest BCUT2D eigenvalue weighted by Crippen LogP contribution is 2.37. The lowest BCUT2D eigenvalue weighted by Crippen LogP contribution is -2.42. The molecule has 6 nitrogen and oxygen atoms in total. The standard InChI is InChI=1S/C19H29NO5/c1-19(2,3)25-18(23)20-10-8-13(9-11-20)16(22)15-7-5-6-14(12-21)17(15)24-4/h5-7,13,16,21-22H,8-12H2,1-4H3/i8D2,9D2,10D2,11D2,13D. The molecule has 140 valence electrons. The molecule has 1 saturated heterocycles. The number of para-hydroxylation sites is 1. The van der Waals surface area contributed by atoms with Crippen molar-refractivity contribution in [3.8, 4) is 5.75 Å². The van der Waals surface area contributed by atoms with E-state index in [4.69, 9.17) is 21.8 Å². The molecule has 1 aromatic rings. The summed E-state index contributed by atoms with van der Waals surface area (Å²) in [5.41, 5.74) is -1.51. The maximum Gasteiger partial charge on any atom is 0.410 e. The van der Waals surface area contributed by atoms with Crippen molar-refractivity contribution in [2.45, 2.75) is 51.8 Å². The molecule has 1 atom stereocenters. The number of piperidine rings is 1. The van der Waals surface area contributed by atoms with Gasteiger partial charge in [0.05, 0.1) is 19.8 Å². The number of aliphatic hydroxyl groups excluding tert-OH is 2. The van der Waals surface area contributed by atoms with Crippen LogP contribution < -0.4 is 4.74 Å². The number of aliphatic hydroxyl groups is 2. The first-order valence-corrected chi connectivity index (χ1v) is 7.64. The first-order valence-electron chi connectivity index (χ1n) is 12.1. The predicted octanol–water partition coefficient (Wildman–Crippen LogP) is 2.87. The Morgan fingerprint density at radius 2 is 2.08 bits per heavy atom. The zero-order valence-electron chi connectivity index (χ0n) is 23.6. The monoisotopic (exact) mass is 360 g/mol. The summed E-state index contributed by atoms with van der Waals surface area (Å²) < 4.78 is 86.3. The number of carbonyl (C=O) groups is 1. The van der Waals surface area contributed by atoms with Crippen LogP contribution in [0.25, 0.3) is 0 Å². The van der Waals surface area contributed by atoms with Gasteiger partial charge in [-0.1, -0.05) is 18.2 Å². The Kier molecular flexibility index (Phi) is 3.35. The lowest BCUT2D eigenvalue weighted by molar-refractivity contribution is 0.00734. The molecule has 1 fully saturated rings. The molecule has 1 unspecified atom stereocenters. The number of amides is 1. The fourth-order valence-corrected chi connectivity index (χ4v) is 2.18. The van der Waals surface area contributed by atoms with E-state index in [9.17, 15) is 15.0 Å². The summed E-state index contributed by atoms with van der Waals surface area (Å²) in [7, 11) is 1.16. The van der Waals surface area contributed by atoms with E-state index in [2.05, 4.69) is 0 Å². The highest BCUT2D eigenvalue weighted by atomic mass is 16.6. The molecular weight excluding hydrogens is 322 g/mol. The van der Waals surface area contributed by atoms with Crippen LogP contribution in [0.15, 0.2) is 18.2 Å². The molecule has 0 bridgehead atoms. The van der Waals surface area contributed by atoms with Gasteiger partial charge in [0.1, 0.15) is 11.4 Å². The predicted molar refractivity (Wildman–Crippen MR) is 94.4 cm³/mol. The fraction of sp³-hybridized carbons (Fsp3) is 0.632. The van der Waals surface area contributed by atoms with Gasteiger partial charge in [0, 0.05) is 36.5 Å². The largest absolute Gasteiger partial charge is 0.496 e. The van der Waals surface area contributed by atoms with Crippen molar-refractivity contribution in [3.05, 3.63) is 29.3 Å². The van der Waals surface area contributed by atoms with Gasteiger partial charge in [0.2, 0.25) is 0 Å². The van der Waals surface area contributed by atoms with Gasteiger partial charge in [0.25, 0.3) is 0 Å². The Morgan fingerprint density at radius 3 is 2.60 bits per heavy atom. The Balaban J connectivity index is 2.83. The number of methoxy groups -OCH3 is 1. The van der Waals surface area contributed by atoms with E-state index >= 15 is 0 Å². The molecule has 6 heteroatoms. The van der Waals surface area contributed by atoms with Crippen molar-refractivity contribution < 1.29 is 36.8 Å². The van der Waals surface area contributed by atoms with Crippen LogP contribution in [-0.4, -0.2) is 46.9 Å². The molecule has 1 aliphatic heterocycles. The number of nitrogens with zero attached hydrogens (tertiary/aromatic N) is 1. The van der Waals surface area contributed by atoms with Gasteiger partial charge in [0.15, 0.2) is 0 Å². The van der Waals surface area contributed by atoms with Crippen LogP contribution in [0.2, 0.25) is 0 Å². The second-order valence-corrected chi connectivity index (χ2v) is 6.30. The number of carbonyl (C=O) groups excluding carboxylic acids is 1. The Labute approximate surface area is 162 Å². The second-order valence-electron chi connectivity index (χ2n) is 6.30. The summed E-state index contributed by atoms with van der Waals surface area (Å²) in [5, 5.41) is 20.7. The van der Waals surface area contributed by atoms with E-state index in [1.54, 1.807) is 0 Å². The number of hydrogen-bond donors (Lipinski definition) is 2. The van der Waals surface area contributed by atoms with Crippen molar-refractivity contribution in [1.82, 2.24) is 4.90 Å². The molecule has 0 radical (unpaired) electrons. The van der Waals surface area contributed by atoms with E-state index in [1.807, 2.05) is 0 Å². The number of rotatable bonds is 4. The van der Waals surface area contributed by atoms with Crippen LogP contribution >= 0.6 is 0 Å². The first kappa shape index (κ1) is 10.4. The van der Waals surface area contributed by atoms with Crippen molar-refractivity contribution in [3.63, 3.8) is 0 Å². The molecule has 2 N–H and O–H groups in total. The lowest BCUT2D eigenvalue weighted by atomic mass is 9.86. The zero-order valence-corrected chi connectivity index (χ0v) is 14.6. The molecular formula is C19H29NO5. The Bertz CT molecular complexity index is 921. The Hall–Kier alpha value is -1.79. The van der Waals surface area contributed by atoms with Crippen molar-refractivity contribution in [2.24, 2.45) is 5.89 Å². The highest BCUT2D eigenvalue weighted by Gasteiger charge is 2.31. The van der Waals surface area contributed by atoms with Crippen LogP contribution in [0.5, 0.6) is 5.75 Å². The number of ether oxygens (including phenoxy) is 2. The summed E-state index contributed by atoms with van der Waals surface area (Å²) in [4.78, 5) is 12.4. The SMILES string of the molecule is [2H]C1([2H])N(C(=O)OC(C)(C)C)C([2H])([2H])C([2H])([2H])C([2H])(C(O)c2cccc(CO)c2OC)C1([2H])[2H]. The fourth-order valence-electron chi connectivity index (χ4n) is 2.18. The maximum absolute atomic E-state index is 12.8. The summed E-state index contributed by atoms with van der Waals surface area (Å²) in [6.45, 7) is -3.68. The van der Waals surface area contributed by atoms with Crippen molar-refractivity contribution >= 4 is 6.09 Å². The zero-order chi connectivity index (χ0) is 26.7. The van der Waals surface area contributed by atoms with Gasteiger partial charge in [-0.2, -0.15) is 0 Å². The first-order chi connectivity index (χ1) is 15.2. The molecule has 1 amide bonds. The van der Waals surface area contributed by atoms with Gasteiger partial charge >= 0.3 is 6.09 Å². The number of hydrogen-bond acceptors (Lipinski definition) is 5. The summed E-state index contributed by atoms with van der Waals surface area (Å²) in [5.74, 6) is -3.77. The van der Waals surface area contributed by atoms with Crippen LogP contribution in [0, 0.1) is 5.89 Å². The molecule has 0 aliphatic carbocycles. The third-order valence-corrected chi connectivity index (χ3v) is 3.25. The second kappa shape index (κ2) is 8.06. The van der Waals surface area contributed by atoms with Crippen LogP contribution in [-0.2, 0) is 11.3 Å². The molecule has 0 saturated carbocycles. The average Bonchev–Trinajstić information content (AvgIpc) is 2.68. The minimum atomic E-state index is -3.70. The lowest BCUT2D eigenvalue weighted by Gasteiger charge is -2.35. The Morgan fingerprint density at radius 1 is 1.44 bits per heavy atom. The molecule has 0 spiro atoms. The number of benzene rings is 1. The molecule has 1 heterocycles. The molecule has 1 aromatic carbocycles. The molecule has 1 aliphatic rings. The minimum absolute atomic E-state index is 0.112. The van der Waals surface area contributed by atoms with Gasteiger partial charge in [-0.3, -0.25) is 0 Å². The molecule has 25 heavy (non-hydrogen) atoms. The number of likely N-dealkylation sites (tertiary alicyclic amines) is 1. The molecule has 0 aromatic heterocycles. The van der Waals surface area contributed by atoms with Crippen LogP contribution in [0.1, 0.15) is 63.1 Å². The van der Waals surface area contributed by atoms with E-state index in [0.717, 1.165) is 13.2 Å². The van der Waals surface area contributed by atoms with Crippen LogP contribution in [0.3, 0.4) is 0 Å². The van der Waals surface area contributed by atoms with Crippen molar-refractivity contribution in [2.75, 3.05) is 20.1 Å². The van der Waals surface area contributed by atoms with E-state index in [0.29, 0.717) is 0 Å². The third-order valence-electron chi connectivity index (χ3n) is 3.25.